The van der Waals surface area contributed by atoms with Gasteiger partial charge in [-0.15, -0.1) is 0 Å². The van der Waals surface area contributed by atoms with Crippen LogP contribution in [0.3, 0.4) is 0 Å². The van der Waals surface area contributed by atoms with Crippen LogP contribution in [0.1, 0.15) is 30.1 Å². The third-order valence-corrected chi connectivity index (χ3v) is 4.53. The van der Waals surface area contributed by atoms with Crippen molar-refractivity contribution in [2.75, 3.05) is 7.11 Å². The average molecular weight is 400 g/mol. The second kappa shape index (κ2) is 9.82. The van der Waals surface area contributed by atoms with E-state index in [4.69, 9.17) is 9.47 Å². The summed E-state index contributed by atoms with van der Waals surface area (Å²) in [5.41, 5.74) is 1.48. The van der Waals surface area contributed by atoms with Crippen LogP contribution in [-0.2, 0) is 22.5 Å². The standard InChI is InChI=1S/C22H22F2N2O3/c1-28-18-8-5-16(6-9-18)3-2-4-22(27)29-21(14-26-12-11-25-15-26)17-7-10-19(23)20(24)13-17/h5-13,15,21H,2-4,14H2,1H3. The molecule has 5 nitrogen and oxygen atoms in total. The van der Waals surface area contributed by atoms with E-state index in [1.54, 1.807) is 30.4 Å². The Bertz CT molecular complexity index is 928. The normalized spacial score (nSPS) is 11.8. The molecule has 0 bridgehead atoms. The number of halogens is 2. The predicted octanol–water partition coefficient (Wildman–Crippen LogP) is 4.48. The van der Waals surface area contributed by atoms with Crippen molar-refractivity contribution in [1.82, 2.24) is 9.55 Å². The third-order valence-electron chi connectivity index (χ3n) is 4.53. The second-order valence-electron chi connectivity index (χ2n) is 6.61. The molecule has 3 aromatic rings. The highest BCUT2D eigenvalue weighted by Gasteiger charge is 2.19. The van der Waals surface area contributed by atoms with Gasteiger partial charge in [0, 0.05) is 18.8 Å². The lowest BCUT2D eigenvalue weighted by Gasteiger charge is -2.19. The van der Waals surface area contributed by atoms with E-state index in [2.05, 4.69) is 4.98 Å². The maximum absolute atomic E-state index is 13.7. The van der Waals surface area contributed by atoms with E-state index in [1.807, 2.05) is 24.3 Å². The van der Waals surface area contributed by atoms with Gasteiger partial charge in [0.25, 0.3) is 0 Å². The smallest absolute Gasteiger partial charge is 0.306 e. The molecule has 7 heteroatoms. The highest BCUT2D eigenvalue weighted by molar-refractivity contribution is 5.69. The van der Waals surface area contributed by atoms with Gasteiger partial charge < -0.3 is 14.0 Å². The van der Waals surface area contributed by atoms with Crippen molar-refractivity contribution in [3.63, 3.8) is 0 Å². The highest BCUT2D eigenvalue weighted by Crippen LogP contribution is 2.23. The van der Waals surface area contributed by atoms with Crippen molar-refractivity contribution >= 4 is 5.97 Å². The molecule has 0 fully saturated rings. The Morgan fingerprint density at radius 2 is 1.93 bits per heavy atom. The van der Waals surface area contributed by atoms with Crippen LogP contribution in [0, 0.1) is 11.6 Å². The Balaban J connectivity index is 1.60. The number of benzene rings is 2. The van der Waals surface area contributed by atoms with Crippen LogP contribution < -0.4 is 4.74 Å². The zero-order chi connectivity index (χ0) is 20.6. The van der Waals surface area contributed by atoms with Crippen LogP contribution in [0.25, 0.3) is 0 Å². The number of hydrogen-bond donors (Lipinski definition) is 0. The van der Waals surface area contributed by atoms with E-state index in [-0.39, 0.29) is 13.0 Å². The molecular weight excluding hydrogens is 378 g/mol. The van der Waals surface area contributed by atoms with E-state index in [9.17, 15) is 13.6 Å². The van der Waals surface area contributed by atoms with Crippen molar-refractivity contribution in [2.24, 2.45) is 0 Å². The first-order chi connectivity index (χ1) is 14.0. The molecule has 0 saturated heterocycles. The molecule has 1 heterocycles. The van der Waals surface area contributed by atoms with Gasteiger partial charge in [-0.2, -0.15) is 0 Å². The summed E-state index contributed by atoms with van der Waals surface area (Å²) in [5, 5.41) is 0. The van der Waals surface area contributed by atoms with Gasteiger partial charge in [-0.25, -0.2) is 13.8 Å². The lowest BCUT2D eigenvalue weighted by molar-refractivity contribution is -0.150. The van der Waals surface area contributed by atoms with E-state index in [1.165, 1.54) is 6.07 Å². The summed E-state index contributed by atoms with van der Waals surface area (Å²) in [7, 11) is 1.61. The minimum Gasteiger partial charge on any atom is -0.497 e. The van der Waals surface area contributed by atoms with Gasteiger partial charge in [-0.1, -0.05) is 18.2 Å². The number of aromatic nitrogens is 2. The number of carbonyl (C=O) groups excluding carboxylic acids is 1. The molecule has 1 unspecified atom stereocenters. The maximum Gasteiger partial charge on any atom is 0.306 e. The lowest BCUT2D eigenvalue weighted by Crippen LogP contribution is -2.17. The van der Waals surface area contributed by atoms with Crippen LogP contribution in [0.4, 0.5) is 8.78 Å². The molecule has 0 amide bonds. The molecule has 0 radical (unpaired) electrons. The molecule has 0 aliphatic heterocycles. The number of esters is 1. The van der Waals surface area contributed by atoms with E-state index in [0.29, 0.717) is 12.0 Å². The van der Waals surface area contributed by atoms with Crippen molar-refractivity contribution < 1.29 is 23.0 Å². The van der Waals surface area contributed by atoms with Gasteiger partial charge in [0.15, 0.2) is 11.6 Å². The molecule has 0 aliphatic carbocycles. The average Bonchev–Trinajstić information content (AvgIpc) is 3.23. The first-order valence-corrected chi connectivity index (χ1v) is 9.28. The monoisotopic (exact) mass is 400 g/mol. The third kappa shape index (κ3) is 5.88. The van der Waals surface area contributed by atoms with Crippen LogP contribution in [0.15, 0.2) is 61.2 Å². The molecule has 2 aromatic carbocycles. The minimum absolute atomic E-state index is 0.218. The Labute approximate surface area is 167 Å². The molecule has 1 aromatic heterocycles. The Kier molecular flexibility index (Phi) is 6.94. The molecule has 152 valence electrons. The van der Waals surface area contributed by atoms with Gasteiger partial charge in [0.05, 0.1) is 20.0 Å². The summed E-state index contributed by atoms with van der Waals surface area (Å²) in [6.45, 7) is 0.259. The number of carbonyl (C=O) groups is 1. The lowest BCUT2D eigenvalue weighted by atomic mass is 10.1. The summed E-state index contributed by atoms with van der Waals surface area (Å²) in [5.74, 6) is -1.54. The summed E-state index contributed by atoms with van der Waals surface area (Å²) in [6.07, 6.45) is 5.69. The number of nitrogens with zero attached hydrogens (tertiary/aromatic N) is 2. The number of rotatable bonds is 9. The van der Waals surface area contributed by atoms with Gasteiger partial charge in [-0.05, 0) is 48.2 Å². The van der Waals surface area contributed by atoms with Gasteiger partial charge in [-0.3, -0.25) is 4.79 Å². The molecule has 0 aliphatic rings. The molecule has 1 atom stereocenters. The summed E-state index contributed by atoms with van der Waals surface area (Å²) >= 11 is 0. The summed E-state index contributed by atoms with van der Waals surface area (Å²) < 4.78 is 39.4. The van der Waals surface area contributed by atoms with Crippen molar-refractivity contribution in [3.05, 3.63) is 83.9 Å². The predicted molar refractivity (Wildman–Crippen MR) is 103 cm³/mol. The summed E-state index contributed by atoms with van der Waals surface area (Å²) in [4.78, 5) is 16.3. The minimum atomic E-state index is -0.978. The largest absolute Gasteiger partial charge is 0.497 e. The SMILES string of the molecule is COc1ccc(CCCC(=O)OC(Cn2ccnc2)c2ccc(F)c(F)c2)cc1. The van der Waals surface area contributed by atoms with Crippen LogP contribution >= 0.6 is 0 Å². The van der Waals surface area contributed by atoms with Crippen molar-refractivity contribution in [1.29, 1.82) is 0 Å². The first-order valence-electron chi connectivity index (χ1n) is 9.28. The van der Waals surface area contributed by atoms with E-state index >= 15 is 0 Å². The highest BCUT2D eigenvalue weighted by atomic mass is 19.2. The second-order valence-corrected chi connectivity index (χ2v) is 6.61. The Hall–Kier alpha value is -3.22. The fourth-order valence-corrected chi connectivity index (χ4v) is 2.96. The molecule has 29 heavy (non-hydrogen) atoms. The van der Waals surface area contributed by atoms with Crippen LogP contribution in [-0.4, -0.2) is 22.6 Å². The molecule has 3 rings (SSSR count). The molecule has 0 saturated carbocycles. The maximum atomic E-state index is 13.7. The first kappa shape index (κ1) is 20.5. The van der Waals surface area contributed by atoms with Crippen LogP contribution in [0.2, 0.25) is 0 Å². The van der Waals surface area contributed by atoms with Gasteiger partial charge in [0.2, 0.25) is 0 Å². The fourth-order valence-electron chi connectivity index (χ4n) is 2.96. The van der Waals surface area contributed by atoms with Crippen molar-refractivity contribution in [2.45, 2.75) is 31.9 Å². The molecular formula is C22H22F2N2O3. The number of ether oxygens (including phenoxy) is 2. The Morgan fingerprint density at radius 3 is 2.59 bits per heavy atom. The molecule has 0 spiro atoms. The number of imidazole rings is 1. The zero-order valence-electron chi connectivity index (χ0n) is 16.1. The Morgan fingerprint density at radius 1 is 1.14 bits per heavy atom. The van der Waals surface area contributed by atoms with Gasteiger partial charge >= 0.3 is 5.97 Å². The van der Waals surface area contributed by atoms with E-state index < -0.39 is 23.7 Å². The quantitative estimate of drug-likeness (QED) is 0.497. The van der Waals surface area contributed by atoms with Crippen molar-refractivity contribution in [3.8, 4) is 5.75 Å². The molecule has 0 N–H and O–H groups in total. The number of aryl methyl sites for hydroxylation is 1. The van der Waals surface area contributed by atoms with E-state index in [0.717, 1.165) is 29.9 Å². The van der Waals surface area contributed by atoms with Crippen LogP contribution in [0.5, 0.6) is 5.75 Å². The number of methoxy groups -OCH3 is 1. The number of hydrogen-bond acceptors (Lipinski definition) is 4. The van der Waals surface area contributed by atoms with Gasteiger partial charge in [0.1, 0.15) is 11.9 Å². The topological polar surface area (TPSA) is 53.4 Å². The summed E-state index contributed by atoms with van der Waals surface area (Å²) in [6, 6.07) is 11.2. The zero-order valence-corrected chi connectivity index (χ0v) is 16.1. The fraction of sp³-hybridized carbons (Fsp3) is 0.273.